The number of amides is 1. The van der Waals surface area contributed by atoms with Crippen molar-refractivity contribution in [3.8, 4) is 11.3 Å². The van der Waals surface area contributed by atoms with E-state index in [1.54, 1.807) is 16.7 Å². The Hall–Kier alpha value is -2.76. The minimum Gasteiger partial charge on any atom is -0.310 e. The largest absolute Gasteiger partial charge is 0.310 e. The number of pyridine rings is 1. The monoisotopic (exact) mass is 355 g/mol. The number of halogens is 2. The zero-order valence-electron chi connectivity index (χ0n) is 14.2. The topological polar surface area (TPSA) is 46.4 Å². The zero-order valence-corrected chi connectivity index (χ0v) is 14.2. The number of nitrogens with one attached hydrogen (secondary N) is 1. The van der Waals surface area contributed by atoms with Crippen molar-refractivity contribution >= 4 is 17.4 Å². The Kier molecular flexibility index (Phi) is 4.41. The van der Waals surface area contributed by atoms with Crippen LogP contribution in [0, 0.1) is 17.6 Å². The van der Waals surface area contributed by atoms with Crippen molar-refractivity contribution < 1.29 is 13.6 Å². The molecule has 4 rings (SSSR count). The molecule has 1 aliphatic carbocycles. The number of hydrogen-bond acceptors (Lipinski definition) is 2. The van der Waals surface area contributed by atoms with Gasteiger partial charge in [0, 0.05) is 17.7 Å². The summed E-state index contributed by atoms with van der Waals surface area (Å²) < 4.78 is 28.8. The number of nitrogens with zero attached hydrogens (tertiary/aromatic N) is 2. The summed E-state index contributed by atoms with van der Waals surface area (Å²) >= 11 is 0. The van der Waals surface area contributed by atoms with Crippen LogP contribution in [-0.2, 0) is 4.79 Å². The van der Waals surface area contributed by atoms with Crippen molar-refractivity contribution in [2.45, 2.75) is 32.1 Å². The summed E-state index contributed by atoms with van der Waals surface area (Å²) in [5, 5.41) is 2.98. The van der Waals surface area contributed by atoms with E-state index in [9.17, 15) is 13.6 Å². The molecule has 1 saturated carbocycles. The van der Waals surface area contributed by atoms with Crippen molar-refractivity contribution in [2.75, 3.05) is 5.32 Å². The fourth-order valence-electron chi connectivity index (χ4n) is 3.54. The minimum atomic E-state index is -0.941. The van der Waals surface area contributed by atoms with Crippen LogP contribution in [-0.4, -0.2) is 15.3 Å². The van der Waals surface area contributed by atoms with Gasteiger partial charge in [0.1, 0.15) is 17.2 Å². The molecule has 0 unspecified atom stereocenters. The second-order valence-corrected chi connectivity index (χ2v) is 6.69. The molecule has 2 heterocycles. The predicted molar refractivity (Wildman–Crippen MR) is 95.7 cm³/mol. The lowest BCUT2D eigenvalue weighted by Gasteiger charge is -2.21. The van der Waals surface area contributed by atoms with Gasteiger partial charge in [-0.1, -0.05) is 25.3 Å². The van der Waals surface area contributed by atoms with Gasteiger partial charge < -0.3 is 5.32 Å². The van der Waals surface area contributed by atoms with Crippen molar-refractivity contribution in [3.63, 3.8) is 0 Å². The molecule has 1 aliphatic rings. The molecule has 0 bridgehead atoms. The molecule has 1 N–H and O–H groups in total. The van der Waals surface area contributed by atoms with Crippen LogP contribution in [0.25, 0.3) is 16.9 Å². The molecule has 6 heteroatoms. The van der Waals surface area contributed by atoms with Gasteiger partial charge >= 0.3 is 0 Å². The maximum Gasteiger partial charge on any atom is 0.228 e. The first-order valence-corrected chi connectivity index (χ1v) is 8.87. The highest BCUT2D eigenvalue weighted by molar-refractivity contribution is 5.96. The van der Waals surface area contributed by atoms with E-state index in [0.29, 0.717) is 22.7 Å². The van der Waals surface area contributed by atoms with Gasteiger partial charge in [-0.05, 0) is 43.2 Å². The lowest BCUT2D eigenvalue weighted by Crippen LogP contribution is -2.25. The predicted octanol–water partition coefficient (Wildman–Crippen LogP) is 4.80. The van der Waals surface area contributed by atoms with Gasteiger partial charge in [0.15, 0.2) is 11.6 Å². The van der Waals surface area contributed by atoms with Crippen LogP contribution in [0.1, 0.15) is 32.1 Å². The Bertz CT molecular complexity index is 961. The van der Waals surface area contributed by atoms with Gasteiger partial charge in [0.25, 0.3) is 0 Å². The highest BCUT2D eigenvalue weighted by Gasteiger charge is 2.24. The van der Waals surface area contributed by atoms with E-state index >= 15 is 0 Å². The van der Waals surface area contributed by atoms with E-state index in [1.807, 2.05) is 12.1 Å². The molecule has 1 aromatic carbocycles. The minimum absolute atomic E-state index is 0.0178. The van der Waals surface area contributed by atoms with Gasteiger partial charge in [-0.15, -0.1) is 0 Å². The Morgan fingerprint density at radius 1 is 1.08 bits per heavy atom. The van der Waals surface area contributed by atoms with E-state index in [0.717, 1.165) is 37.8 Å². The first-order chi connectivity index (χ1) is 12.6. The molecule has 0 saturated heterocycles. The summed E-state index contributed by atoms with van der Waals surface area (Å²) in [6.07, 6.45) is 6.83. The summed E-state index contributed by atoms with van der Waals surface area (Å²) in [7, 11) is 0. The van der Waals surface area contributed by atoms with E-state index in [1.165, 1.54) is 12.5 Å². The van der Waals surface area contributed by atoms with E-state index in [2.05, 4.69) is 10.3 Å². The number of aromatic nitrogens is 2. The number of imidazole rings is 1. The molecule has 0 radical (unpaired) electrons. The quantitative estimate of drug-likeness (QED) is 0.734. The molecule has 3 aromatic rings. The molecule has 0 atom stereocenters. The van der Waals surface area contributed by atoms with Gasteiger partial charge in [0.05, 0.1) is 0 Å². The number of benzene rings is 1. The van der Waals surface area contributed by atoms with Crippen LogP contribution in [0.5, 0.6) is 0 Å². The summed E-state index contributed by atoms with van der Waals surface area (Å²) in [5.41, 5.74) is 1.48. The Labute approximate surface area is 149 Å². The highest BCUT2D eigenvalue weighted by atomic mass is 19.2. The molecule has 1 fully saturated rings. The SMILES string of the molecule is O=C(Nc1c(-c2ccc(F)c(F)c2)nc2ccccn12)C1CCCCC1. The number of anilines is 1. The lowest BCUT2D eigenvalue weighted by molar-refractivity contribution is -0.120. The fourth-order valence-corrected chi connectivity index (χ4v) is 3.54. The molecule has 2 aromatic heterocycles. The lowest BCUT2D eigenvalue weighted by atomic mass is 9.88. The molecule has 26 heavy (non-hydrogen) atoms. The summed E-state index contributed by atoms with van der Waals surface area (Å²) in [5.74, 6) is -1.42. The third-order valence-electron chi connectivity index (χ3n) is 4.94. The third kappa shape index (κ3) is 3.07. The van der Waals surface area contributed by atoms with Crippen LogP contribution in [0.15, 0.2) is 42.6 Å². The number of carbonyl (C=O) groups is 1. The smallest absolute Gasteiger partial charge is 0.228 e. The van der Waals surface area contributed by atoms with Crippen LogP contribution in [0.3, 0.4) is 0 Å². The molecule has 0 aliphatic heterocycles. The number of hydrogen-bond donors (Lipinski definition) is 1. The second-order valence-electron chi connectivity index (χ2n) is 6.69. The molecular weight excluding hydrogens is 336 g/mol. The third-order valence-corrected chi connectivity index (χ3v) is 4.94. The zero-order chi connectivity index (χ0) is 18.1. The molecular formula is C20H19F2N3O. The molecule has 0 spiro atoms. The van der Waals surface area contributed by atoms with E-state index < -0.39 is 11.6 Å². The first kappa shape index (κ1) is 16.7. The highest BCUT2D eigenvalue weighted by Crippen LogP contribution is 2.31. The molecule has 134 valence electrons. The van der Waals surface area contributed by atoms with Crippen molar-refractivity contribution in [1.29, 1.82) is 0 Å². The Balaban J connectivity index is 1.76. The van der Waals surface area contributed by atoms with E-state index in [4.69, 9.17) is 0 Å². The second kappa shape index (κ2) is 6.86. The van der Waals surface area contributed by atoms with Crippen LogP contribution >= 0.6 is 0 Å². The molecule has 4 nitrogen and oxygen atoms in total. The maximum absolute atomic E-state index is 13.7. The maximum atomic E-state index is 13.7. The van der Waals surface area contributed by atoms with Crippen molar-refractivity contribution in [1.82, 2.24) is 9.38 Å². The average molecular weight is 355 g/mol. The van der Waals surface area contributed by atoms with Gasteiger partial charge in [0.2, 0.25) is 5.91 Å². The Morgan fingerprint density at radius 2 is 1.88 bits per heavy atom. The fraction of sp³-hybridized carbons (Fsp3) is 0.300. The average Bonchev–Trinajstić information content (AvgIpc) is 3.03. The van der Waals surface area contributed by atoms with Gasteiger partial charge in [-0.3, -0.25) is 9.20 Å². The van der Waals surface area contributed by atoms with Crippen LogP contribution < -0.4 is 5.32 Å². The standard InChI is InChI=1S/C20H19F2N3O/c21-15-10-9-14(12-16(15)22)18-19(25-11-5-4-8-17(25)23-18)24-20(26)13-6-2-1-3-7-13/h4-5,8-13H,1-3,6-7H2,(H,24,26). The summed E-state index contributed by atoms with van der Waals surface area (Å²) in [6.45, 7) is 0. The van der Waals surface area contributed by atoms with Crippen LogP contribution in [0.4, 0.5) is 14.6 Å². The number of carbonyl (C=O) groups excluding carboxylic acids is 1. The summed E-state index contributed by atoms with van der Waals surface area (Å²) in [4.78, 5) is 17.2. The first-order valence-electron chi connectivity index (χ1n) is 8.87. The van der Waals surface area contributed by atoms with Gasteiger partial charge in [-0.2, -0.15) is 0 Å². The normalized spacial score (nSPS) is 15.3. The number of fused-ring (bicyclic) bond motifs is 1. The molecule has 1 amide bonds. The van der Waals surface area contributed by atoms with Crippen molar-refractivity contribution in [3.05, 3.63) is 54.2 Å². The number of rotatable bonds is 3. The van der Waals surface area contributed by atoms with E-state index in [-0.39, 0.29) is 11.8 Å². The van der Waals surface area contributed by atoms with Crippen LogP contribution in [0.2, 0.25) is 0 Å². The Morgan fingerprint density at radius 3 is 2.65 bits per heavy atom. The summed E-state index contributed by atoms with van der Waals surface area (Å²) in [6, 6.07) is 9.12. The van der Waals surface area contributed by atoms with Gasteiger partial charge in [-0.25, -0.2) is 13.8 Å². The van der Waals surface area contributed by atoms with Crippen molar-refractivity contribution in [2.24, 2.45) is 5.92 Å².